The first-order valence-electron chi connectivity index (χ1n) is 7.99. The van der Waals surface area contributed by atoms with E-state index in [0.717, 1.165) is 22.5 Å². The van der Waals surface area contributed by atoms with Gasteiger partial charge >= 0.3 is 0 Å². The van der Waals surface area contributed by atoms with E-state index in [0.29, 0.717) is 5.17 Å². The van der Waals surface area contributed by atoms with Crippen LogP contribution >= 0.6 is 11.8 Å². The third kappa shape index (κ3) is 4.48. The van der Waals surface area contributed by atoms with Crippen molar-refractivity contribution >= 4 is 40.1 Å². The lowest BCUT2D eigenvalue weighted by Gasteiger charge is -2.09. The van der Waals surface area contributed by atoms with Crippen LogP contribution in [-0.4, -0.2) is 22.2 Å². The van der Waals surface area contributed by atoms with Crippen molar-refractivity contribution in [1.82, 2.24) is 5.32 Å². The number of amidine groups is 1. The maximum Gasteiger partial charge on any atom is 0.240 e. The largest absolute Gasteiger partial charge is 0.326 e. The predicted octanol–water partition coefficient (Wildman–Crippen LogP) is 3.55. The lowest BCUT2D eigenvalue weighted by molar-refractivity contribution is -0.122. The zero-order valence-electron chi connectivity index (χ0n) is 14.1. The molecule has 0 spiro atoms. The molecule has 5 nitrogen and oxygen atoms in total. The molecule has 2 N–H and O–H groups in total. The second kappa shape index (κ2) is 7.53. The summed E-state index contributed by atoms with van der Waals surface area (Å²) in [5.41, 5.74) is 3.68. The number of nitrogens with one attached hydrogen (secondary N) is 2. The summed E-state index contributed by atoms with van der Waals surface area (Å²) in [7, 11) is 0. The van der Waals surface area contributed by atoms with Crippen LogP contribution in [0.3, 0.4) is 0 Å². The number of thioether (sulfide) groups is 1. The van der Waals surface area contributed by atoms with Crippen LogP contribution in [0, 0.1) is 13.8 Å². The molecule has 0 aliphatic carbocycles. The number of amides is 2. The first-order valence-corrected chi connectivity index (χ1v) is 8.87. The minimum absolute atomic E-state index is 0.109. The van der Waals surface area contributed by atoms with E-state index in [-0.39, 0.29) is 18.2 Å². The van der Waals surface area contributed by atoms with Crippen LogP contribution in [0.4, 0.5) is 11.4 Å². The molecule has 1 atom stereocenters. The molecule has 25 heavy (non-hydrogen) atoms. The van der Waals surface area contributed by atoms with Crippen molar-refractivity contribution in [2.24, 2.45) is 4.99 Å². The zero-order chi connectivity index (χ0) is 17.8. The lowest BCUT2D eigenvalue weighted by atomic mass is 10.2. The number of carbonyl (C=O) groups excluding carboxylic acids is 2. The molecule has 2 amide bonds. The van der Waals surface area contributed by atoms with E-state index in [4.69, 9.17) is 0 Å². The highest BCUT2D eigenvalue weighted by Crippen LogP contribution is 2.26. The number of aryl methyl sites for hydroxylation is 2. The fourth-order valence-electron chi connectivity index (χ4n) is 2.41. The Labute approximate surface area is 150 Å². The zero-order valence-corrected chi connectivity index (χ0v) is 14.9. The monoisotopic (exact) mass is 353 g/mol. The standard InChI is InChI=1S/C19H19N3O2S/c1-12-7-9-14(10-8-12)20-19-22-18(24)16(25-19)11-17(23)21-15-6-4-3-5-13(15)2/h3-10,16H,11H2,1-2H3,(H,21,23)(H,20,22,24)/t16-/m1/s1. The van der Waals surface area contributed by atoms with Gasteiger partial charge in [0.25, 0.3) is 0 Å². The van der Waals surface area contributed by atoms with E-state index in [1.54, 1.807) is 0 Å². The summed E-state index contributed by atoms with van der Waals surface area (Å²) in [6.07, 6.45) is 0.109. The van der Waals surface area contributed by atoms with E-state index in [9.17, 15) is 9.59 Å². The van der Waals surface area contributed by atoms with Crippen LogP contribution < -0.4 is 10.6 Å². The Kier molecular flexibility index (Phi) is 5.19. The number of hydrogen-bond donors (Lipinski definition) is 2. The van der Waals surface area contributed by atoms with E-state index in [2.05, 4.69) is 15.6 Å². The van der Waals surface area contributed by atoms with Crippen molar-refractivity contribution in [3.8, 4) is 0 Å². The molecule has 1 heterocycles. The Balaban J connectivity index is 1.62. The van der Waals surface area contributed by atoms with Gasteiger partial charge in [0.15, 0.2) is 5.17 Å². The summed E-state index contributed by atoms with van der Waals surface area (Å²) < 4.78 is 0. The van der Waals surface area contributed by atoms with Gasteiger partial charge in [0, 0.05) is 12.1 Å². The summed E-state index contributed by atoms with van der Waals surface area (Å²) in [5, 5.41) is 5.66. The maximum atomic E-state index is 12.2. The third-order valence-corrected chi connectivity index (χ3v) is 4.91. The van der Waals surface area contributed by atoms with Gasteiger partial charge in [0.05, 0.1) is 5.69 Å². The topological polar surface area (TPSA) is 70.6 Å². The van der Waals surface area contributed by atoms with Gasteiger partial charge in [0.2, 0.25) is 11.8 Å². The second-order valence-electron chi connectivity index (χ2n) is 5.92. The number of rotatable bonds is 4. The summed E-state index contributed by atoms with van der Waals surface area (Å²) in [5.74, 6) is -0.366. The fraction of sp³-hybridized carbons (Fsp3) is 0.211. The van der Waals surface area contributed by atoms with E-state index < -0.39 is 5.25 Å². The number of para-hydroxylation sites is 1. The molecule has 128 valence electrons. The van der Waals surface area contributed by atoms with Crippen LogP contribution in [0.15, 0.2) is 53.5 Å². The van der Waals surface area contributed by atoms with Crippen LogP contribution in [0.1, 0.15) is 17.5 Å². The smallest absolute Gasteiger partial charge is 0.240 e. The maximum absolute atomic E-state index is 12.2. The Bertz CT molecular complexity index is 831. The highest BCUT2D eigenvalue weighted by Gasteiger charge is 2.32. The number of carbonyl (C=O) groups is 2. The summed E-state index contributed by atoms with van der Waals surface area (Å²) in [6, 6.07) is 15.3. The average Bonchev–Trinajstić information content (AvgIpc) is 2.91. The van der Waals surface area contributed by atoms with Gasteiger partial charge < -0.3 is 10.6 Å². The number of benzene rings is 2. The summed E-state index contributed by atoms with van der Waals surface area (Å²) in [4.78, 5) is 28.7. The van der Waals surface area contributed by atoms with Crippen LogP contribution in [0.25, 0.3) is 0 Å². The average molecular weight is 353 g/mol. The molecule has 1 aliphatic rings. The molecule has 1 saturated heterocycles. The van der Waals surface area contributed by atoms with Gasteiger partial charge in [-0.15, -0.1) is 0 Å². The molecule has 1 fully saturated rings. The molecule has 0 bridgehead atoms. The lowest BCUT2D eigenvalue weighted by Crippen LogP contribution is -2.28. The summed E-state index contributed by atoms with van der Waals surface area (Å²) in [6.45, 7) is 3.94. The van der Waals surface area contributed by atoms with Crippen molar-refractivity contribution in [1.29, 1.82) is 0 Å². The Hall–Kier alpha value is -2.60. The highest BCUT2D eigenvalue weighted by molar-refractivity contribution is 8.15. The Morgan fingerprint density at radius 3 is 2.60 bits per heavy atom. The van der Waals surface area contributed by atoms with Crippen molar-refractivity contribution in [2.45, 2.75) is 25.5 Å². The van der Waals surface area contributed by atoms with E-state index in [1.807, 2.05) is 62.4 Å². The predicted molar refractivity (Wildman–Crippen MR) is 102 cm³/mol. The van der Waals surface area contributed by atoms with Crippen molar-refractivity contribution in [3.63, 3.8) is 0 Å². The van der Waals surface area contributed by atoms with Crippen LogP contribution in [0.5, 0.6) is 0 Å². The van der Waals surface area contributed by atoms with Gasteiger partial charge in [-0.25, -0.2) is 4.99 Å². The molecular weight excluding hydrogens is 334 g/mol. The number of aliphatic imine (C=N–C) groups is 1. The molecule has 6 heteroatoms. The second-order valence-corrected chi connectivity index (χ2v) is 7.11. The van der Waals surface area contributed by atoms with Gasteiger partial charge in [-0.3, -0.25) is 9.59 Å². The summed E-state index contributed by atoms with van der Waals surface area (Å²) >= 11 is 1.29. The van der Waals surface area contributed by atoms with Gasteiger partial charge in [0.1, 0.15) is 5.25 Å². The Morgan fingerprint density at radius 1 is 1.16 bits per heavy atom. The quantitative estimate of drug-likeness (QED) is 0.883. The molecule has 0 saturated carbocycles. The first-order chi connectivity index (χ1) is 12.0. The SMILES string of the molecule is Cc1ccc(N=C2NC(=O)[C@@H](CC(=O)Nc3ccccc3C)S2)cc1. The minimum Gasteiger partial charge on any atom is -0.326 e. The molecule has 0 aromatic heterocycles. The molecular formula is C19H19N3O2S. The van der Waals surface area contributed by atoms with Crippen molar-refractivity contribution in [2.75, 3.05) is 5.32 Å². The normalized spacial score (nSPS) is 18.2. The van der Waals surface area contributed by atoms with E-state index in [1.165, 1.54) is 11.8 Å². The van der Waals surface area contributed by atoms with E-state index >= 15 is 0 Å². The molecule has 2 aromatic rings. The van der Waals surface area contributed by atoms with Crippen molar-refractivity contribution < 1.29 is 9.59 Å². The van der Waals surface area contributed by atoms with Crippen LogP contribution in [0.2, 0.25) is 0 Å². The molecule has 3 rings (SSSR count). The minimum atomic E-state index is -0.465. The fourth-order valence-corrected chi connectivity index (χ4v) is 3.40. The van der Waals surface area contributed by atoms with Crippen molar-refractivity contribution in [3.05, 3.63) is 59.7 Å². The van der Waals surface area contributed by atoms with Gasteiger partial charge in [-0.1, -0.05) is 47.7 Å². The Morgan fingerprint density at radius 2 is 1.88 bits per heavy atom. The molecule has 1 aliphatic heterocycles. The highest BCUT2D eigenvalue weighted by atomic mass is 32.2. The molecule has 2 aromatic carbocycles. The number of nitrogens with zero attached hydrogens (tertiary/aromatic N) is 1. The van der Waals surface area contributed by atoms with Gasteiger partial charge in [-0.05, 0) is 37.6 Å². The van der Waals surface area contributed by atoms with Gasteiger partial charge in [-0.2, -0.15) is 0 Å². The molecule has 0 unspecified atom stereocenters. The number of anilines is 1. The number of hydrogen-bond acceptors (Lipinski definition) is 4. The first kappa shape index (κ1) is 17.2. The van der Waals surface area contributed by atoms with Crippen LogP contribution in [-0.2, 0) is 9.59 Å². The third-order valence-electron chi connectivity index (χ3n) is 3.83. The molecule has 0 radical (unpaired) electrons.